The third-order valence-corrected chi connectivity index (χ3v) is 3.77. The predicted octanol–water partition coefficient (Wildman–Crippen LogP) is 1.63. The van der Waals surface area contributed by atoms with Crippen LogP contribution in [-0.2, 0) is 4.79 Å². The summed E-state index contributed by atoms with van der Waals surface area (Å²) >= 11 is 0. The van der Waals surface area contributed by atoms with Crippen LogP contribution in [0.2, 0.25) is 0 Å². The quantitative estimate of drug-likeness (QED) is 0.795. The molecule has 1 aromatic heterocycles. The number of para-hydroxylation sites is 2. The molecule has 3 rings (SSSR count). The van der Waals surface area contributed by atoms with Gasteiger partial charge in [-0.05, 0) is 18.2 Å². The first-order chi connectivity index (χ1) is 12.2. The van der Waals surface area contributed by atoms with Crippen LogP contribution in [0.25, 0.3) is 0 Å². The van der Waals surface area contributed by atoms with Gasteiger partial charge >= 0.3 is 0 Å². The van der Waals surface area contributed by atoms with Crippen molar-refractivity contribution in [3.63, 3.8) is 0 Å². The van der Waals surface area contributed by atoms with E-state index in [1.54, 1.807) is 36.3 Å². The van der Waals surface area contributed by atoms with E-state index in [4.69, 9.17) is 19.5 Å². The van der Waals surface area contributed by atoms with E-state index >= 15 is 0 Å². The summed E-state index contributed by atoms with van der Waals surface area (Å²) in [5.74, 6) is 1.46. The highest BCUT2D eigenvalue weighted by Gasteiger charge is 2.32. The predicted molar refractivity (Wildman–Crippen MR) is 88.4 cm³/mol. The van der Waals surface area contributed by atoms with Crippen molar-refractivity contribution in [2.45, 2.75) is 6.10 Å². The molecule has 0 aliphatic carbocycles. The van der Waals surface area contributed by atoms with E-state index in [1.165, 1.54) is 6.20 Å². The lowest BCUT2D eigenvalue weighted by molar-refractivity contribution is -0.142. The molecule has 0 bridgehead atoms. The number of likely N-dealkylation sites (tertiary alicyclic amines) is 1. The highest BCUT2D eigenvalue weighted by Crippen LogP contribution is 2.26. The fourth-order valence-corrected chi connectivity index (χ4v) is 2.37. The van der Waals surface area contributed by atoms with Gasteiger partial charge in [0.1, 0.15) is 12.2 Å². The second-order valence-corrected chi connectivity index (χ2v) is 5.48. The Morgan fingerprint density at radius 1 is 1.28 bits per heavy atom. The SMILES string of the molecule is COc1ccccc1OCC(=O)N1CC(Oc2ccc(C#N)cn2)C1. The molecule has 0 radical (unpaired) electrons. The molecule has 7 nitrogen and oxygen atoms in total. The molecule has 2 aromatic rings. The maximum Gasteiger partial charge on any atom is 0.260 e. The average Bonchev–Trinajstić information content (AvgIpc) is 2.63. The molecule has 2 heterocycles. The Morgan fingerprint density at radius 2 is 2.04 bits per heavy atom. The largest absolute Gasteiger partial charge is 0.493 e. The van der Waals surface area contributed by atoms with Crippen molar-refractivity contribution in [3.05, 3.63) is 48.2 Å². The third kappa shape index (κ3) is 3.98. The molecule has 0 saturated carbocycles. The second kappa shape index (κ2) is 7.53. The van der Waals surface area contributed by atoms with Crippen molar-refractivity contribution in [2.75, 3.05) is 26.8 Å². The van der Waals surface area contributed by atoms with E-state index in [1.807, 2.05) is 18.2 Å². The molecule has 1 fully saturated rings. The number of carbonyl (C=O) groups excluding carboxylic acids is 1. The molecule has 25 heavy (non-hydrogen) atoms. The monoisotopic (exact) mass is 339 g/mol. The number of nitrogens with zero attached hydrogens (tertiary/aromatic N) is 3. The first-order valence-electron chi connectivity index (χ1n) is 7.76. The topological polar surface area (TPSA) is 84.7 Å². The summed E-state index contributed by atoms with van der Waals surface area (Å²) in [5, 5.41) is 8.73. The maximum atomic E-state index is 12.1. The highest BCUT2D eigenvalue weighted by atomic mass is 16.5. The Hall–Kier alpha value is -3.27. The van der Waals surface area contributed by atoms with Crippen LogP contribution in [-0.4, -0.2) is 48.7 Å². The normalized spacial score (nSPS) is 13.5. The van der Waals surface area contributed by atoms with Crippen LogP contribution >= 0.6 is 0 Å². The molecule has 0 spiro atoms. The summed E-state index contributed by atoms with van der Waals surface area (Å²) in [6, 6.07) is 12.5. The first kappa shape index (κ1) is 16.6. The Bertz CT molecular complexity index is 780. The Labute approximate surface area is 145 Å². The number of ether oxygens (including phenoxy) is 3. The Balaban J connectivity index is 1.44. The summed E-state index contributed by atoms with van der Waals surface area (Å²) in [7, 11) is 1.55. The van der Waals surface area contributed by atoms with Gasteiger partial charge in [-0.1, -0.05) is 12.1 Å². The van der Waals surface area contributed by atoms with Gasteiger partial charge in [0.05, 0.1) is 25.8 Å². The fraction of sp³-hybridized carbons (Fsp3) is 0.278. The van der Waals surface area contributed by atoms with E-state index in [-0.39, 0.29) is 18.6 Å². The molecule has 1 amide bonds. The Kier molecular flexibility index (Phi) is 5.00. The number of rotatable bonds is 6. The van der Waals surface area contributed by atoms with Crippen LogP contribution in [0.15, 0.2) is 42.6 Å². The minimum absolute atomic E-state index is 0.0534. The number of hydrogen-bond acceptors (Lipinski definition) is 6. The van der Waals surface area contributed by atoms with Crippen LogP contribution in [0.1, 0.15) is 5.56 Å². The molecule has 0 N–H and O–H groups in total. The lowest BCUT2D eigenvalue weighted by Gasteiger charge is -2.38. The molecular formula is C18H17N3O4. The molecule has 1 aliphatic rings. The third-order valence-electron chi connectivity index (χ3n) is 3.77. The van der Waals surface area contributed by atoms with Crippen molar-refractivity contribution in [2.24, 2.45) is 0 Å². The van der Waals surface area contributed by atoms with Gasteiger partial charge in [0.25, 0.3) is 5.91 Å². The maximum absolute atomic E-state index is 12.1. The molecule has 7 heteroatoms. The van der Waals surface area contributed by atoms with Crippen LogP contribution in [0.5, 0.6) is 17.4 Å². The number of hydrogen-bond donors (Lipinski definition) is 0. The zero-order chi connectivity index (χ0) is 17.6. The van der Waals surface area contributed by atoms with Crippen molar-refractivity contribution in [3.8, 4) is 23.4 Å². The van der Waals surface area contributed by atoms with E-state index in [0.29, 0.717) is 36.0 Å². The molecular weight excluding hydrogens is 322 g/mol. The average molecular weight is 339 g/mol. The van der Waals surface area contributed by atoms with Gasteiger partial charge in [-0.3, -0.25) is 4.79 Å². The van der Waals surface area contributed by atoms with Crippen molar-refractivity contribution < 1.29 is 19.0 Å². The molecule has 0 unspecified atom stereocenters. The molecule has 1 aliphatic heterocycles. The van der Waals surface area contributed by atoms with E-state index in [0.717, 1.165) is 0 Å². The second-order valence-electron chi connectivity index (χ2n) is 5.48. The minimum Gasteiger partial charge on any atom is -0.493 e. The number of aromatic nitrogens is 1. The van der Waals surface area contributed by atoms with Gasteiger partial charge < -0.3 is 19.1 Å². The summed E-state index contributed by atoms with van der Waals surface area (Å²) < 4.78 is 16.4. The summed E-state index contributed by atoms with van der Waals surface area (Å²) in [6.45, 7) is 0.911. The van der Waals surface area contributed by atoms with Gasteiger partial charge in [0.15, 0.2) is 18.1 Å². The fourth-order valence-electron chi connectivity index (χ4n) is 2.37. The van der Waals surface area contributed by atoms with Crippen LogP contribution < -0.4 is 14.2 Å². The summed E-state index contributed by atoms with van der Waals surface area (Å²) in [4.78, 5) is 17.8. The molecule has 1 saturated heterocycles. The van der Waals surface area contributed by atoms with Crippen molar-refractivity contribution in [1.29, 1.82) is 5.26 Å². The zero-order valence-corrected chi connectivity index (χ0v) is 13.7. The van der Waals surface area contributed by atoms with Crippen LogP contribution in [0.3, 0.4) is 0 Å². The first-order valence-corrected chi connectivity index (χ1v) is 7.76. The van der Waals surface area contributed by atoms with Gasteiger partial charge in [0.2, 0.25) is 5.88 Å². The number of benzene rings is 1. The number of methoxy groups -OCH3 is 1. The molecule has 1 aromatic carbocycles. The standard InChI is InChI=1S/C18H17N3O4/c1-23-15-4-2-3-5-16(15)24-12-18(22)21-10-14(11-21)25-17-7-6-13(8-19)9-20-17/h2-7,9,14H,10-12H2,1H3. The van der Waals surface area contributed by atoms with Gasteiger partial charge in [-0.25, -0.2) is 4.98 Å². The smallest absolute Gasteiger partial charge is 0.260 e. The Morgan fingerprint density at radius 3 is 2.68 bits per heavy atom. The van der Waals surface area contributed by atoms with E-state index < -0.39 is 0 Å². The van der Waals surface area contributed by atoms with Gasteiger partial charge in [-0.2, -0.15) is 5.26 Å². The lowest BCUT2D eigenvalue weighted by atomic mass is 10.1. The van der Waals surface area contributed by atoms with Gasteiger partial charge in [-0.15, -0.1) is 0 Å². The van der Waals surface area contributed by atoms with E-state index in [2.05, 4.69) is 4.98 Å². The van der Waals surface area contributed by atoms with E-state index in [9.17, 15) is 4.79 Å². The van der Waals surface area contributed by atoms with Crippen LogP contribution in [0.4, 0.5) is 0 Å². The molecule has 0 atom stereocenters. The number of nitriles is 1. The zero-order valence-electron chi connectivity index (χ0n) is 13.7. The number of amides is 1. The molecule has 128 valence electrons. The van der Waals surface area contributed by atoms with Crippen molar-refractivity contribution >= 4 is 5.91 Å². The minimum atomic E-state index is -0.112. The summed E-state index contributed by atoms with van der Waals surface area (Å²) in [5.41, 5.74) is 0.478. The van der Waals surface area contributed by atoms with Gasteiger partial charge in [0, 0.05) is 12.3 Å². The van der Waals surface area contributed by atoms with Crippen LogP contribution in [0, 0.1) is 11.3 Å². The number of pyridine rings is 1. The highest BCUT2D eigenvalue weighted by molar-refractivity contribution is 5.78. The summed E-state index contributed by atoms with van der Waals surface area (Å²) in [6.07, 6.45) is 1.36. The number of carbonyl (C=O) groups is 1. The van der Waals surface area contributed by atoms with Crippen molar-refractivity contribution in [1.82, 2.24) is 9.88 Å². The lowest BCUT2D eigenvalue weighted by Crippen LogP contribution is -2.57.